The summed E-state index contributed by atoms with van der Waals surface area (Å²) < 4.78 is 29.5. The number of benzene rings is 1. The first-order chi connectivity index (χ1) is 7.08. The van der Waals surface area contributed by atoms with Gasteiger partial charge in [-0.05, 0) is 25.1 Å². The Balaban J connectivity index is 2.47. The monoisotopic (exact) mass is 212 g/mol. The standard InChI is InChI=1S/C11H10F2O2/c1-6-2-3-8-7(4-6)5-9(15-8)10(14)11(12)13/h2-5,10-11,14H,1H3. The van der Waals surface area contributed by atoms with Crippen molar-refractivity contribution in [2.45, 2.75) is 19.5 Å². The van der Waals surface area contributed by atoms with Crippen LogP contribution in [0.1, 0.15) is 17.4 Å². The molecule has 0 bridgehead atoms. The Morgan fingerprint density at radius 2 is 2.00 bits per heavy atom. The number of aryl methyl sites for hydroxylation is 1. The molecule has 0 saturated heterocycles. The van der Waals surface area contributed by atoms with Gasteiger partial charge in [0.05, 0.1) is 0 Å². The molecule has 0 radical (unpaired) electrons. The number of rotatable bonds is 2. The van der Waals surface area contributed by atoms with E-state index in [2.05, 4.69) is 0 Å². The molecule has 80 valence electrons. The van der Waals surface area contributed by atoms with Gasteiger partial charge in [-0.25, -0.2) is 8.78 Å². The molecule has 2 nitrogen and oxygen atoms in total. The van der Waals surface area contributed by atoms with Gasteiger partial charge in [-0.3, -0.25) is 0 Å². The van der Waals surface area contributed by atoms with Crippen LogP contribution in [-0.4, -0.2) is 11.5 Å². The number of aliphatic hydroxyl groups is 1. The summed E-state index contributed by atoms with van der Waals surface area (Å²) in [5, 5.41) is 9.85. The summed E-state index contributed by atoms with van der Waals surface area (Å²) in [5.74, 6) is -0.0920. The fourth-order valence-electron chi connectivity index (χ4n) is 1.45. The zero-order valence-corrected chi connectivity index (χ0v) is 8.08. The summed E-state index contributed by atoms with van der Waals surface area (Å²) in [4.78, 5) is 0. The number of alkyl halides is 2. The van der Waals surface area contributed by atoms with Crippen LogP contribution in [0.5, 0.6) is 0 Å². The summed E-state index contributed by atoms with van der Waals surface area (Å²) in [6, 6.07) is 6.79. The third-order valence-corrected chi connectivity index (χ3v) is 2.22. The lowest BCUT2D eigenvalue weighted by Gasteiger charge is -2.03. The molecule has 4 heteroatoms. The van der Waals surface area contributed by atoms with Crippen LogP contribution in [0.25, 0.3) is 11.0 Å². The lowest BCUT2D eigenvalue weighted by Crippen LogP contribution is -2.06. The highest BCUT2D eigenvalue weighted by molar-refractivity contribution is 5.78. The fraction of sp³-hybridized carbons (Fsp3) is 0.273. The maximum absolute atomic E-state index is 12.2. The molecular formula is C11H10F2O2. The maximum atomic E-state index is 12.2. The molecule has 1 aromatic carbocycles. The topological polar surface area (TPSA) is 33.4 Å². The van der Waals surface area contributed by atoms with Gasteiger partial charge in [-0.1, -0.05) is 11.6 Å². The molecule has 0 saturated carbocycles. The van der Waals surface area contributed by atoms with Crippen molar-refractivity contribution in [2.75, 3.05) is 0 Å². The summed E-state index contributed by atoms with van der Waals surface area (Å²) in [7, 11) is 0. The minimum absolute atomic E-state index is 0.0920. The van der Waals surface area contributed by atoms with Gasteiger partial charge in [0.2, 0.25) is 0 Å². The van der Waals surface area contributed by atoms with E-state index >= 15 is 0 Å². The van der Waals surface area contributed by atoms with Gasteiger partial charge in [0, 0.05) is 5.39 Å². The van der Waals surface area contributed by atoms with E-state index in [1.54, 1.807) is 6.07 Å². The molecule has 2 rings (SSSR count). The highest BCUT2D eigenvalue weighted by atomic mass is 19.3. The number of hydrogen-bond donors (Lipinski definition) is 1. The van der Waals surface area contributed by atoms with Crippen LogP contribution >= 0.6 is 0 Å². The highest BCUT2D eigenvalue weighted by Gasteiger charge is 2.22. The van der Waals surface area contributed by atoms with Gasteiger partial charge in [0.25, 0.3) is 6.43 Å². The highest BCUT2D eigenvalue weighted by Crippen LogP contribution is 2.27. The molecule has 1 atom stereocenters. The van der Waals surface area contributed by atoms with Crippen LogP contribution in [0.4, 0.5) is 8.78 Å². The van der Waals surface area contributed by atoms with Crippen molar-refractivity contribution in [3.05, 3.63) is 35.6 Å². The average molecular weight is 212 g/mol. The molecule has 0 aliphatic rings. The second-order valence-corrected chi connectivity index (χ2v) is 3.47. The van der Waals surface area contributed by atoms with Gasteiger partial charge in [-0.2, -0.15) is 0 Å². The smallest absolute Gasteiger partial charge is 0.271 e. The molecule has 0 amide bonds. The lowest BCUT2D eigenvalue weighted by molar-refractivity contribution is -0.0168. The Morgan fingerprint density at radius 3 is 2.67 bits per heavy atom. The van der Waals surface area contributed by atoms with Crippen molar-refractivity contribution < 1.29 is 18.3 Å². The molecule has 0 fully saturated rings. The maximum Gasteiger partial charge on any atom is 0.271 e. The average Bonchev–Trinajstić information content (AvgIpc) is 2.58. The van der Waals surface area contributed by atoms with Gasteiger partial charge >= 0.3 is 0 Å². The molecule has 0 aliphatic heterocycles. The first-order valence-electron chi connectivity index (χ1n) is 4.54. The first-order valence-corrected chi connectivity index (χ1v) is 4.54. The SMILES string of the molecule is Cc1ccc2oc(C(O)C(F)F)cc2c1. The third-order valence-electron chi connectivity index (χ3n) is 2.22. The summed E-state index contributed by atoms with van der Waals surface area (Å²) in [6.45, 7) is 1.90. The predicted octanol–water partition coefficient (Wildman–Crippen LogP) is 3.04. The number of halogens is 2. The molecule has 0 spiro atoms. The number of aliphatic hydroxyl groups excluding tert-OH is 1. The Hall–Kier alpha value is -1.42. The molecule has 1 heterocycles. The zero-order chi connectivity index (χ0) is 11.0. The van der Waals surface area contributed by atoms with Crippen LogP contribution in [0.2, 0.25) is 0 Å². The van der Waals surface area contributed by atoms with E-state index in [-0.39, 0.29) is 5.76 Å². The summed E-state index contributed by atoms with van der Waals surface area (Å²) in [5.41, 5.74) is 1.52. The molecule has 1 unspecified atom stereocenters. The first kappa shape index (κ1) is 10.1. The predicted molar refractivity (Wildman–Crippen MR) is 51.9 cm³/mol. The molecule has 0 aliphatic carbocycles. The van der Waals surface area contributed by atoms with Crippen molar-refractivity contribution in [3.63, 3.8) is 0 Å². The second kappa shape index (κ2) is 3.62. The molecule has 15 heavy (non-hydrogen) atoms. The molecule has 1 N–H and O–H groups in total. The Kier molecular flexibility index (Phi) is 2.44. The number of fused-ring (bicyclic) bond motifs is 1. The van der Waals surface area contributed by atoms with Crippen molar-refractivity contribution in [3.8, 4) is 0 Å². The van der Waals surface area contributed by atoms with Crippen molar-refractivity contribution in [1.29, 1.82) is 0 Å². The minimum atomic E-state index is -2.83. The summed E-state index contributed by atoms with van der Waals surface area (Å²) in [6.07, 6.45) is -4.68. The van der Waals surface area contributed by atoms with Crippen molar-refractivity contribution >= 4 is 11.0 Å². The van der Waals surface area contributed by atoms with E-state index in [1.807, 2.05) is 19.1 Å². The molecule has 1 aromatic heterocycles. The summed E-state index contributed by atoms with van der Waals surface area (Å²) >= 11 is 0. The fourth-order valence-corrected chi connectivity index (χ4v) is 1.45. The third kappa shape index (κ3) is 1.85. The number of furan rings is 1. The van der Waals surface area contributed by atoms with Crippen molar-refractivity contribution in [2.24, 2.45) is 0 Å². The van der Waals surface area contributed by atoms with Gasteiger partial charge in [0.15, 0.2) is 6.10 Å². The van der Waals surface area contributed by atoms with E-state index in [9.17, 15) is 8.78 Å². The van der Waals surface area contributed by atoms with E-state index in [0.717, 1.165) is 10.9 Å². The Morgan fingerprint density at radius 1 is 1.27 bits per heavy atom. The van der Waals surface area contributed by atoms with Crippen LogP contribution < -0.4 is 0 Å². The molecular weight excluding hydrogens is 202 g/mol. The second-order valence-electron chi connectivity index (χ2n) is 3.47. The quantitative estimate of drug-likeness (QED) is 0.829. The van der Waals surface area contributed by atoms with Crippen LogP contribution in [0, 0.1) is 6.92 Å². The molecule has 2 aromatic rings. The van der Waals surface area contributed by atoms with Crippen LogP contribution in [0.15, 0.2) is 28.7 Å². The largest absolute Gasteiger partial charge is 0.458 e. The Labute approximate surface area is 85.1 Å². The Bertz CT molecular complexity index is 476. The van der Waals surface area contributed by atoms with E-state index < -0.39 is 12.5 Å². The van der Waals surface area contributed by atoms with Crippen molar-refractivity contribution in [1.82, 2.24) is 0 Å². The van der Waals surface area contributed by atoms with Gasteiger partial charge in [-0.15, -0.1) is 0 Å². The van der Waals surface area contributed by atoms with E-state index in [4.69, 9.17) is 9.52 Å². The van der Waals surface area contributed by atoms with E-state index in [1.165, 1.54) is 6.07 Å². The van der Waals surface area contributed by atoms with Crippen LogP contribution in [-0.2, 0) is 0 Å². The van der Waals surface area contributed by atoms with E-state index in [0.29, 0.717) is 5.58 Å². The number of hydrogen-bond acceptors (Lipinski definition) is 2. The zero-order valence-electron chi connectivity index (χ0n) is 8.08. The lowest BCUT2D eigenvalue weighted by atomic mass is 10.2. The van der Waals surface area contributed by atoms with Gasteiger partial charge in [0.1, 0.15) is 11.3 Å². The minimum Gasteiger partial charge on any atom is -0.458 e. The van der Waals surface area contributed by atoms with Crippen LogP contribution in [0.3, 0.4) is 0 Å². The van der Waals surface area contributed by atoms with Gasteiger partial charge < -0.3 is 9.52 Å². The normalized spacial score (nSPS) is 13.7.